The molecular formula is C19H19F3N2O2. The van der Waals surface area contributed by atoms with Crippen LogP contribution in [0, 0.1) is 5.82 Å². The number of carbonyl (C=O) groups is 1. The van der Waals surface area contributed by atoms with E-state index >= 15 is 0 Å². The lowest BCUT2D eigenvalue weighted by Crippen LogP contribution is -2.34. The number of anilines is 2. The number of hydrogen-bond donors (Lipinski definition) is 1. The van der Waals surface area contributed by atoms with Gasteiger partial charge >= 0.3 is 6.61 Å². The Morgan fingerprint density at radius 1 is 1.15 bits per heavy atom. The highest BCUT2D eigenvalue weighted by Gasteiger charge is 2.18. The summed E-state index contributed by atoms with van der Waals surface area (Å²) in [6.07, 6.45) is 2.65. The standard InChI is InChI=1S/C19H19F3N2O2/c20-14-4-9-17-13(11-14)3-1-2-10-24(17)12-18(25)23-15-5-7-16(8-6-15)26-19(21)22/h4-9,11,19H,1-3,10,12H2,(H,23,25). The van der Waals surface area contributed by atoms with Crippen molar-refractivity contribution in [1.82, 2.24) is 0 Å². The fraction of sp³-hybridized carbons (Fsp3) is 0.316. The average molecular weight is 364 g/mol. The Bertz CT molecular complexity index is 766. The van der Waals surface area contributed by atoms with Gasteiger partial charge < -0.3 is 15.0 Å². The first-order chi connectivity index (χ1) is 12.5. The van der Waals surface area contributed by atoms with Gasteiger partial charge in [-0.25, -0.2) is 4.39 Å². The number of alkyl halides is 2. The first kappa shape index (κ1) is 18.1. The number of nitrogens with zero attached hydrogens (tertiary/aromatic N) is 1. The van der Waals surface area contributed by atoms with Gasteiger partial charge in [0, 0.05) is 17.9 Å². The molecule has 3 rings (SSSR count). The zero-order valence-electron chi connectivity index (χ0n) is 14.1. The second-order valence-corrected chi connectivity index (χ2v) is 6.10. The Labute approximate surface area is 149 Å². The fourth-order valence-corrected chi connectivity index (χ4v) is 3.06. The summed E-state index contributed by atoms with van der Waals surface area (Å²) in [4.78, 5) is 14.3. The van der Waals surface area contributed by atoms with Gasteiger partial charge in [0.2, 0.25) is 5.91 Å². The molecule has 0 radical (unpaired) electrons. The number of amides is 1. The molecule has 0 saturated heterocycles. The second kappa shape index (κ2) is 8.12. The number of aryl methyl sites for hydroxylation is 1. The van der Waals surface area contributed by atoms with Crippen LogP contribution in [0.4, 0.5) is 24.5 Å². The number of hydrogen-bond acceptors (Lipinski definition) is 3. The van der Waals surface area contributed by atoms with Gasteiger partial charge in [-0.3, -0.25) is 4.79 Å². The molecule has 4 nitrogen and oxygen atoms in total. The Balaban J connectivity index is 1.64. The summed E-state index contributed by atoms with van der Waals surface area (Å²) in [6.45, 7) is -2.04. The van der Waals surface area contributed by atoms with Gasteiger partial charge in [-0.15, -0.1) is 0 Å². The molecule has 0 aromatic heterocycles. The van der Waals surface area contributed by atoms with E-state index in [0.29, 0.717) is 12.2 Å². The maximum Gasteiger partial charge on any atom is 0.387 e. The third-order valence-electron chi connectivity index (χ3n) is 4.20. The normalized spacial score (nSPS) is 13.9. The predicted molar refractivity (Wildman–Crippen MR) is 93.3 cm³/mol. The third-order valence-corrected chi connectivity index (χ3v) is 4.20. The number of rotatable bonds is 5. The molecule has 1 aliphatic rings. The van der Waals surface area contributed by atoms with Gasteiger partial charge in [-0.05, 0) is 67.3 Å². The molecule has 1 amide bonds. The minimum absolute atomic E-state index is 0.0291. The van der Waals surface area contributed by atoms with Crippen molar-refractivity contribution in [3.63, 3.8) is 0 Å². The summed E-state index contributed by atoms with van der Waals surface area (Å²) in [5.41, 5.74) is 2.27. The molecule has 1 N–H and O–H groups in total. The van der Waals surface area contributed by atoms with E-state index < -0.39 is 6.61 Å². The van der Waals surface area contributed by atoms with E-state index in [1.165, 1.54) is 36.4 Å². The largest absolute Gasteiger partial charge is 0.435 e. The molecule has 2 aromatic carbocycles. The summed E-state index contributed by atoms with van der Waals surface area (Å²) in [7, 11) is 0. The number of benzene rings is 2. The van der Waals surface area contributed by atoms with E-state index in [1.54, 1.807) is 6.07 Å². The van der Waals surface area contributed by atoms with Crippen LogP contribution in [-0.4, -0.2) is 25.6 Å². The summed E-state index contributed by atoms with van der Waals surface area (Å²) in [6, 6.07) is 10.4. The highest BCUT2D eigenvalue weighted by atomic mass is 19.3. The predicted octanol–water partition coefficient (Wildman–Crippen LogP) is 4.21. The van der Waals surface area contributed by atoms with Gasteiger partial charge in [0.05, 0.1) is 6.54 Å². The van der Waals surface area contributed by atoms with Crippen LogP contribution in [-0.2, 0) is 11.2 Å². The van der Waals surface area contributed by atoms with Crippen molar-refractivity contribution in [3.8, 4) is 5.75 Å². The lowest BCUT2D eigenvalue weighted by atomic mass is 10.1. The van der Waals surface area contributed by atoms with E-state index in [-0.39, 0.29) is 24.0 Å². The van der Waals surface area contributed by atoms with E-state index in [1.807, 2.05) is 4.90 Å². The van der Waals surface area contributed by atoms with E-state index in [9.17, 15) is 18.0 Å². The number of nitrogens with one attached hydrogen (secondary N) is 1. The second-order valence-electron chi connectivity index (χ2n) is 6.10. The SMILES string of the molecule is O=C(CN1CCCCc2cc(F)ccc21)Nc1ccc(OC(F)F)cc1. The molecule has 0 unspecified atom stereocenters. The van der Waals surface area contributed by atoms with Crippen LogP contribution in [0.3, 0.4) is 0 Å². The number of carbonyl (C=O) groups excluding carboxylic acids is 1. The van der Waals surface area contributed by atoms with Crippen molar-refractivity contribution in [2.45, 2.75) is 25.9 Å². The molecule has 138 valence electrons. The number of fused-ring (bicyclic) bond motifs is 1. The van der Waals surface area contributed by atoms with Crippen LogP contribution >= 0.6 is 0 Å². The van der Waals surface area contributed by atoms with Crippen LogP contribution in [0.1, 0.15) is 18.4 Å². The molecular weight excluding hydrogens is 345 g/mol. The van der Waals surface area contributed by atoms with Crippen molar-refractivity contribution in [3.05, 3.63) is 53.8 Å². The van der Waals surface area contributed by atoms with Crippen molar-refractivity contribution in [2.75, 3.05) is 23.3 Å². The van der Waals surface area contributed by atoms with Gasteiger partial charge in [-0.2, -0.15) is 8.78 Å². The molecule has 2 aromatic rings. The third kappa shape index (κ3) is 4.68. The molecule has 1 heterocycles. The van der Waals surface area contributed by atoms with Gasteiger partial charge in [0.15, 0.2) is 0 Å². The smallest absolute Gasteiger partial charge is 0.387 e. The highest BCUT2D eigenvalue weighted by molar-refractivity contribution is 5.94. The van der Waals surface area contributed by atoms with Crippen LogP contribution in [0.25, 0.3) is 0 Å². The highest BCUT2D eigenvalue weighted by Crippen LogP contribution is 2.27. The Kier molecular flexibility index (Phi) is 5.65. The summed E-state index contributed by atoms with van der Waals surface area (Å²) in [5, 5.41) is 2.73. The van der Waals surface area contributed by atoms with Gasteiger partial charge in [0.25, 0.3) is 0 Å². The molecule has 0 fully saturated rings. The van der Waals surface area contributed by atoms with E-state index in [4.69, 9.17) is 0 Å². The van der Waals surface area contributed by atoms with Crippen LogP contribution < -0.4 is 15.0 Å². The van der Waals surface area contributed by atoms with Crippen molar-refractivity contribution >= 4 is 17.3 Å². The molecule has 7 heteroatoms. The zero-order chi connectivity index (χ0) is 18.5. The molecule has 0 spiro atoms. The van der Waals surface area contributed by atoms with Crippen molar-refractivity contribution in [1.29, 1.82) is 0 Å². The minimum atomic E-state index is -2.89. The monoisotopic (exact) mass is 364 g/mol. The average Bonchev–Trinajstić information content (AvgIpc) is 2.78. The lowest BCUT2D eigenvalue weighted by molar-refractivity contribution is -0.115. The Morgan fingerprint density at radius 3 is 2.65 bits per heavy atom. The maximum absolute atomic E-state index is 13.5. The summed E-state index contributed by atoms with van der Waals surface area (Å²) < 4.78 is 42.0. The number of halogens is 3. The van der Waals surface area contributed by atoms with E-state index in [0.717, 1.165) is 30.5 Å². The maximum atomic E-state index is 13.5. The zero-order valence-corrected chi connectivity index (χ0v) is 14.1. The molecule has 0 saturated carbocycles. The van der Waals surface area contributed by atoms with Crippen LogP contribution in [0.2, 0.25) is 0 Å². The van der Waals surface area contributed by atoms with Gasteiger partial charge in [0.1, 0.15) is 11.6 Å². The molecule has 0 aliphatic carbocycles. The molecule has 0 bridgehead atoms. The molecule has 1 aliphatic heterocycles. The van der Waals surface area contributed by atoms with Crippen molar-refractivity contribution < 1.29 is 22.7 Å². The fourth-order valence-electron chi connectivity index (χ4n) is 3.06. The Hall–Kier alpha value is -2.70. The minimum Gasteiger partial charge on any atom is -0.435 e. The molecule has 26 heavy (non-hydrogen) atoms. The lowest BCUT2D eigenvalue weighted by Gasteiger charge is -2.24. The molecule has 0 atom stereocenters. The van der Waals surface area contributed by atoms with Crippen molar-refractivity contribution in [2.24, 2.45) is 0 Å². The quantitative estimate of drug-likeness (QED) is 0.864. The summed E-state index contributed by atoms with van der Waals surface area (Å²) in [5.74, 6) is -0.479. The van der Waals surface area contributed by atoms with Crippen LogP contribution in [0.5, 0.6) is 5.75 Å². The number of ether oxygens (including phenoxy) is 1. The first-order valence-electron chi connectivity index (χ1n) is 8.39. The van der Waals surface area contributed by atoms with Crippen LogP contribution in [0.15, 0.2) is 42.5 Å². The van der Waals surface area contributed by atoms with Gasteiger partial charge in [-0.1, -0.05) is 0 Å². The summed E-state index contributed by atoms with van der Waals surface area (Å²) >= 11 is 0. The first-order valence-corrected chi connectivity index (χ1v) is 8.39. The Morgan fingerprint density at radius 2 is 1.92 bits per heavy atom. The van der Waals surface area contributed by atoms with E-state index in [2.05, 4.69) is 10.1 Å². The topological polar surface area (TPSA) is 41.6 Å².